The number of carbonyl (C=O) groups excluding carboxylic acids is 1. The fourth-order valence-electron chi connectivity index (χ4n) is 3.31. The average Bonchev–Trinajstić information content (AvgIpc) is 2.86. The van der Waals surface area contributed by atoms with E-state index in [0.717, 1.165) is 23.4 Å². The number of aryl methyl sites for hydroxylation is 2. The van der Waals surface area contributed by atoms with Crippen LogP contribution < -0.4 is 0 Å². The van der Waals surface area contributed by atoms with Crippen LogP contribution in [-0.2, 0) is 23.0 Å². The van der Waals surface area contributed by atoms with E-state index in [1.807, 2.05) is 41.8 Å². The Balaban J connectivity index is 1.60. The zero-order valence-electron chi connectivity index (χ0n) is 14.7. The van der Waals surface area contributed by atoms with E-state index in [1.165, 1.54) is 5.56 Å². The first kappa shape index (κ1) is 16.7. The molecule has 0 bridgehead atoms. The van der Waals surface area contributed by atoms with Crippen LogP contribution in [0.3, 0.4) is 0 Å². The van der Waals surface area contributed by atoms with Gasteiger partial charge in [0.05, 0.1) is 18.8 Å². The summed E-state index contributed by atoms with van der Waals surface area (Å²) in [5, 5.41) is 4.42. The Morgan fingerprint density at radius 2 is 2.04 bits per heavy atom. The van der Waals surface area contributed by atoms with Crippen LogP contribution in [-0.4, -0.2) is 40.3 Å². The largest absolute Gasteiger partial charge is 0.370 e. The van der Waals surface area contributed by atoms with Crippen LogP contribution in [0.5, 0.6) is 0 Å². The Bertz CT molecular complexity index is 709. The van der Waals surface area contributed by atoms with Crippen molar-refractivity contribution in [3.05, 3.63) is 52.8 Å². The van der Waals surface area contributed by atoms with Crippen LogP contribution in [0.1, 0.15) is 35.0 Å². The lowest BCUT2D eigenvalue weighted by atomic mass is 10.1. The fraction of sp³-hybridized carbons (Fsp3) is 0.474. The summed E-state index contributed by atoms with van der Waals surface area (Å²) < 4.78 is 7.73. The van der Waals surface area contributed by atoms with Gasteiger partial charge in [0.2, 0.25) is 5.91 Å². The molecule has 1 aromatic heterocycles. The summed E-state index contributed by atoms with van der Waals surface area (Å²) in [6.07, 6.45) is 1.25. The van der Waals surface area contributed by atoms with E-state index in [-0.39, 0.29) is 12.0 Å². The highest BCUT2D eigenvalue weighted by Gasteiger charge is 2.25. The summed E-state index contributed by atoms with van der Waals surface area (Å²) in [6.45, 7) is 5.96. The second kappa shape index (κ2) is 7.18. The molecule has 1 aliphatic heterocycles. The molecule has 1 saturated heterocycles. The van der Waals surface area contributed by atoms with E-state index in [9.17, 15) is 4.79 Å². The number of rotatable bonds is 4. The van der Waals surface area contributed by atoms with Crippen LogP contribution in [0.2, 0.25) is 0 Å². The van der Waals surface area contributed by atoms with Crippen LogP contribution >= 0.6 is 0 Å². The van der Waals surface area contributed by atoms with Crippen molar-refractivity contribution in [2.45, 2.75) is 32.8 Å². The highest BCUT2D eigenvalue weighted by Crippen LogP contribution is 2.23. The summed E-state index contributed by atoms with van der Waals surface area (Å²) in [7, 11) is 1.94. The number of hydrogen-bond donors (Lipinski definition) is 0. The zero-order valence-corrected chi connectivity index (χ0v) is 14.7. The molecule has 0 spiro atoms. The molecule has 2 heterocycles. The maximum Gasteiger partial charge on any atom is 0.223 e. The Labute approximate surface area is 143 Å². The Morgan fingerprint density at radius 3 is 2.71 bits per heavy atom. The molecule has 128 valence electrons. The SMILES string of the molecule is Cc1nn(C)c(C)c1CCC(=O)N1CCOC(c2ccccc2)C1. The summed E-state index contributed by atoms with van der Waals surface area (Å²) >= 11 is 0. The zero-order chi connectivity index (χ0) is 17.1. The fourth-order valence-corrected chi connectivity index (χ4v) is 3.31. The lowest BCUT2D eigenvalue weighted by Gasteiger charge is -2.33. The predicted octanol–water partition coefficient (Wildman–Crippen LogP) is 2.57. The van der Waals surface area contributed by atoms with Crippen molar-refractivity contribution in [2.75, 3.05) is 19.7 Å². The van der Waals surface area contributed by atoms with Gasteiger partial charge >= 0.3 is 0 Å². The van der Waals surface area contributed by atoms with Crippen molar-refractivity contribution in [1.29, 1.82) is 0 Å². The molecule has 0 aliphatic carbocycles. The molecule has 2 aromatic rings. The molecule has 1 atom stereocenters. The second-order valence-corrected chi connectivity index (χ2v) is 6.38. The Morgan fingerprint density at radius 1 is 1.29 bits per heavy atom. The lowest BCUT2D eigenvalue weighted by molar-refractivity contribution is -0.139. The number of aromatic nitrogens is 2. The van der Waals surface area contributed by atoms with Crippen molar-refractivity contribution in [2.24, 2.45) is 7.05 Å². The molecule has 0 radical (unpaired) electrons. The number of ether oxygens (including phenoxy) is 1. The van der Waals surface area contributed by atoms with Crippen LogP contribution in [0.25, 0.3) is 0 Å². The van der Waals surface area contributed by atoms with Crippen molar-refractivity contribution in [1.82, 2.24) is 14.7 Å². The van der Waals surface area contributed by atoms with Crippen LogP contribution in [0, 0.1) is 13.8 Å². The molecule has 5 nitrogen and oxygen atoms in total. The van der Waals surface area contributed by atoms with E-state index in [4.69, 9.17) is 4.74 Å². The van der Waals surface area contributed by atoms with Gasteiger partial charge in [-0.3, -0.25) is 9.48 Å². The number of benzene rings is 1. The highest BCUT2D eigenvalue weighted by molar-refractivity contribution is 5.76. The van der Waals surface area contributed by atoms with Gasteiger partial charge in [0, 0.05) is 25.7 Å². The van der Waals surface area contributed by atoms with Gasteiger partial charge in [0.15, 0.2) is 0 Å². The number of amides is 1. The summed E-state index contributed by atoms with van der Waals surface area (Å²) in [5.74, 6) is 0.196. The standard InChI is InChI=1S/C19H25N3O2/c1-14-17(15(2)21(3)20-14)9-10-19(23)22-11-12-24-18(13-22)16-7-5-4-6-8-16/h4-8,18H,9-13H2,1-3H3. The molecule has 1 aliphatic rings. The molecule has 3 rings (SSSR count). The van der Waals surface area contributed by atoms with Gasteiger partial charge in [0.25, 0.3) is 0 Å². The van der Waals surface area contributed by atoms with Gasteiger partial charge in [-0.05, 0) is 31.4 Å². The first-order chi connectivity index (χ1) is 11.6. The lowest BCUT2D eigenvalue weighted by Crippen LogP contribution is -2.42. The minimum atomic E-state index is -0.0224. The molecule has 1 amide bonds. The third-order valence-electron chi connectivity index (χ3n) is 4.84. The molecule has 0 N–H and O–H groups in total. The number of morpholine rings is 1. The van der Waals surface area contributed by atoms with E-state index in [0.29, 0.717) is 26.1 Å². The smallest absolute Gasteiger partial charge is 0.223 e. The first-order valence-corrected chi connectivity index (χ1v) is 8.49. The van der Waals surface area contributed by atoms with E-state index in [1.54, 1.807) is 0 Å². The normalized spacial score (nSPS) is 18.0. The molecular weight excluding hydrogens is 302 g/mol. The van der Waals surface area contributed by atoms with Crippen molar-refractivity contribution >= 4 is 5.91 Å². The minimum Gasteiger partial charge on any atom is -0.370 e. The summed E-state index contributed by atoms with van der Waals surface area (Å²) in [6, 6.07) is 10.1. The maximum atomic E-state index is 12.6. The Hall–Kier alpha value is -2.14. The number of carbonyl (C=O) groups is 1. The summed E-state index contributed by atoms with van der Waals surface area (Å²) in [4.78, 5) is 14.6. The number of nitrogens with zero attached hydrogens (tertiary/aromatic N) is 3. The van der Waals surface area contributed by atoms with Gasteiger partial charge in [-0.15, -0.1) is 0 Å². The van der Waals surface area contributed by atoms with E-state index in [2.05, 4.69) is 24.2 Å². The minimum absolute atomic E-state index is 0.0224. The summed E-state index contributed by atoms with van der Waals surface area (Å²) in [5.41, 5.74) is 4.49. The van der Waals surface area contributed by atoms with Gasteiger partial charge in [-0.25, -0.2) is 0 Å². The van der Waals surface area contributed by atoms with Crippen molar-refractivity contribution in [3.8, 4) is 0 Å². The third kappa shape index (κ3) is 3.51. The van der Waals surface area contributed by atoms with E-state index < -0.39 is 0 Å². The molecule has 5 heteroatoms. The van der Waals surface area contributed by atoms with Gasteiger partial charge in [0.1, 0.15) is 6.10 Å². The molecule has 24 heavy (non-hydrogen) atoms. The predicted molar refractivity (Wildman–Crippen MR) is 92.7 cm³/mol. The highest BCUT2D eigenvalue weighted by atomic mass is 16.5. The second-order valence-electron chi connectivity index (χ2n) is 6.38. The van der Waals surface area contributed by atoms with Gasteiger partial charge in [-0.1, -0.05) is 30.3 Å². The molecular formula is C19H25N3O2. The van der Waals surface area contributed by atoms with Crippen molar-refractivity contribution < 1.29 is 9.53 Å². The molecule has 0 saturated carbocycles. The molecule has 1 unspecified atom stereocenters. The average molecular weight is 327 g/mol. The monoisotopic (exact) mass is 327 g/mol. The molecule has 1 aromatic carbocycles. The third-order valence-corrected chi connectivity index (χ3v) is 4.84. The number of hydrogen-bond acceptors (Lipinski definition) is 3. The van der Waals surface area contributed by atoms with Gasteiger partial charge in [-0.2, -0.15) is 5.10 Å². The quantitative estimate of drug-likeness (QED) is 0.867. The Kier molecular flexibility index (Phi) is 5.00. The topological polar surface area (TPSA) is 47.4 Å². The first-order valence-electron chi connectivity index (χ1n) is 8.49. The van der Waals surface area contributed by atoms with Crippen LogP contribution in [0.15, 0.2) is 30.3 Å². The van der Waals surface area contributed by atoms with Crippen LogP contribution in [0.4, 0.5) is 0 Å². The molecule has 1 fully saturated rings. The van der Waals surface area contributed by atoms with E-state index >= 15 is 0 Å². The van der Waals surface area contributed by atoms with Gasteiger partial charge < -0.3 is 9.64 Å². The maximum absolute atomic E-state index is 12.6. The van der Waals surface area contributed by atoms with Crippen molar-refractivity contribution in [3.63, 3.8) is 0 Å².